The third-order valence-corrected chi connectivity index (χ3v) is 11.8. The minimum absolute atomic E-state index is 0.236. The Morgan fingerprint density at radius 1 is 0.620 bits per heavy atom. The van der Waals surface area contributed by atoms with Crippen LogP contribution in [0.2, 0.25) is 0 Å². The predicted octanol–water partition coefficient (Wildman–Crippen LogP) is 8.99. The first-order valence-electron chi connectivity index (χ1n) is 18.5. The van der Waals surface area contributed by atoms with Gasteiger partial charge in [-0.1, -0.05) is 110 Å². The molecule has 0 bridgehead atoms. The number of para-hydroxylation sites is 1. The Morgan fingerprint density at radius 2 is 1.10 bits per heavy atom. The van der Waals surface area contributed by atoms with E-state index >= 15 is 0 Å². The fourth-order valence-electron chi connectivity index (χ4n) is 7.43. The monoisotopic (exact) mass is 695 g/mol. The van der Waals surface area contributed by atoms with Crippen molar-refractivity contribution in [2.75, 3.05) is 18.5 Å². The third kappa shape index (κ3) is 12.1. The van der Waals surface area contributed by atoms with E-state index < -0.39 is 10.1 Å². The van der Waals surface area contributed by atoms with E-state index in [4.69, 9.17) is 4.18 Å². The van der Waals surface area contributed by atoms with Gasteiger partial charge < -0.3 is 16.0 Å². The normalized spacial score (nSPS) is 23.7. The zero-order valence-electron chi connectivity index (χ0n) is 30.1. The van der Waals surface area contributed by atoms with Crippen LogP contribution >= 0.6 is 0 Å². The van der Waals surface area contributed by atoms with Crippen molar-refractivity contribution in [2.24, 2.45) is 23.7 Å². The van der Waals surface area contributed by atoms with Gasteiger partial charge >= 0.3 is 0 Å². The minimum atomic E-state index is -3.67. The Balaban J connectivity index is 0.000000197. The highest BCUT2D eigenvalue weighted by Crippen LogP contribution is 2.31. The van der Waals surface area contributed by atoms with E-state index in [-0.39, 0.29) is 17.4 Å². The van der Waals surface area contributed by atoms with Crippen LogP contribution in [0.5, 0.6) is 0 Å². The molecule has 50 heavy (non-hydrogen) atoms. The van der Waals surface area contributed by atoms with Crippen molar-refractivity contribution in [2.45, 2.75) is 89.4 Å². The maximum Gasteiger partial charge on any atom is 0.296 e. The molecule has 0 aliphatic heterocycles. The van der Waals surface area contributed by atoms with Crippen LogP contribution in [0.15, 0.2) is 120 Å². The number of benzene rings is 4. The molecule has 6 atom stereocenters. The highest BCUT2D eigenvalue weighted by Gasteiger charge is 2.29. The molecule has 3 N–H and O–H groups in total. The molecule has 4 aromatic rings. The van der Waals surface area contributed by atoms with Crippen LogP contribution in [-0.4, -0.2) is 33.7 Å². The lowest BCUT2D eigenvalue weighted by Gasteiger charge is -2.35. The lowest BCUT2D eigenvalue weighted by molar-refractivity contribution is 0.157. The molecule has 2 fully saturated rings. The Morgan fingerprint density at radius 3 is 1.62 bits per heavy atom. The first-order valence-corrected chi connectivity index (χ1v) is 20.0. The number of anilines is 1. The SMILES string of the molecule is CC1CC(CNc2ccccc2)CCC1NCc1ccccc1.Cc1ccc(S(=O)(=O)OCC2CCC(NCc3ccccc3)C(C)C2)cc1. The molecule has 268 valence electrons. The van der Waals surface area contributed by atoms with Crippen LogP contribution in [0.4, 0.5) is 5.69 Å². The number of nitrogens with one attached hydrogen (secondary N) is 3. The maximum absolute atomic E-state index is 12.4. The van der Waals surface area contributed by atoms with Crippen LogP contribution < -0.4 is 16.0 Å². The van der Waals surface area contributed by atoms with Crippen LogP contribution in [0, 0.1) is 30.6 Å². The standard InChI is InChI=1S/C22H29NO3S.C21H28N2/c1-17-8-11-21(12-9-17)27(24,25)26-16-20-10-13-22(18(2)14-20)23-15-19-6-4-3-5-7-19;1-17-14-19(16-22-20-10-6-3-7-11-20)12-13-21(17)23-15-18-8-4-2-5-9-18/h3-9,11-12,18,20,22-23H,10,13-16H2,1-2H3;2-11,17,19,21-23H,12-16H2,1H3. The van der Waals surface area contributed by atoms with E-state index in [1.54, 1.807) is 24.3 Å². The molecule has 4 aromatic carbocycles. The topological polar surface area (TPSA) is 79.5 Å². The van der Waals surface area contributed by atoms with Crippen molar-refractivity contribution in [3.05, 3.63) is 132 Å². The van der Waals surface area contributed by atoms with Crippen molar-refractivity contribution in [1.82, 2.24) is 10.6 Å². The van der Waals surface area contributed by atoms with Crippen LogP contribution in [0.3, 0.4) is 0 Å². The zero-order valence-corrected chi connectivity index (χ0v) is 31.0. The smallest absolute Gasteiger partial charge is 0.296 e. The molecular weight excluding hydrogens is 639 g/mol. The summed E-state index contributed by atoms with van der Waals surface area (Å²) < 4.78 is 30.1. The average Bonchev–Trinajstić information content (AvgIpc) is 3.14. The molecule has 0 radical (unpaired) electrons. The van der Waals surface area contributed by atoms with Crippen molar-refractivity contribution in [1.29, 1.82) is 0 Å². The maximum atomic E-state index is 12.4. The first-order chi connectivity index (χ1) is 24.2. The van der Waals surface area contributed by atoms with Gasteiger partial charge in [-0.2, -0.15) is 8.42 Å². The molecule has 2 aliphatic carbocycles. The lowest BCUT2D eigenvalue weighted by atomic mass is 9.79. The predicted molar refractivity (Wildman–Crippen MR) is 206 cm³/mol. The summed E-state index contributed by atoms with van der Waals surface area (Å²) in [5.74, 6) is 2.32. The summed E-state index contributed by atoms with van der Waals surface area (Å²) in [5, 5.41) is 11.0. The fraction of sp³-hybridized carbons (Fsp3) is 0.442. The highest BCUT2D eigenvalue weighted by atomic mass is 32.2. The number of rotatable bonds is 13. The van der Waals surface area contributed by atoms with E-state index in [2.05, 4.69) is 115 Å². The van der Waals surface area contributed by atoms with Crippen molar-refractivity contribution < 1.29 is 12.6 Å². The summed E-state index contributed by atoms with van der Waals surface area (Å²) in [6, 6.07) is 39.6. The quantitative estimate of drug-likeness (QED) is 0.121. The Labute approximate surface area is 301 Å². The fourth-order valence-corrected chi connectivity index (χ4v) is 8.40. The average molecular weight is 696 g/mol. The van der Waals surface area contributed by atoms with E-state index in [0.717, 1.165) is 56.3 Å². The number of aryl methyl sites for hydroxylation is 1. The van der Waals surface area contributed by atoms with Gasteiger partial charge in [-0.3, -0.25) is 4.18 Å². The molecule has 6 unspecified atom stereocenters. The van der Waals surface area contributed by atoms with Gasteiger partial charge in [0.15, 0.2) is 0 Å². The number of hydrogen-bond donors (Lipinski definition) is 3. The third-order valence-electron chi connectivity index (χ3n) is 10.5. The first kappa shape index (κ1) is 37.8. The molecule has 2 aliphatic rings. The summed E-state index contributed by atoms with van der Waals surface area (Å²) in [6.07, 6.45) is 6.93. The second kappa shape index (κ2) is 19.2. The lowest BCUT2D eigenvalue weighted by Crippen LogP contribution is -2.40. The van der Waals surface area contributed by atoms with Gasteiger partial charge in [0.05, 0.1) is 11.5 Å². The summed E-state index contributed by atoms with van der Waals surface area (Å²) in [7, 11) is -3.67. The van der Waals surface area contributed by atoms with Gasteiger partial charge in [0.2, 0.25) is 0 Å². The second-order valence-corrected chi connectivity index (χ2v) is 16.2. The molecule has 7 heteroatoms. The summed E-state index contributed by atoms with van der Waals surface area (Å²) >= 11 is 0. The van der Waals surface area contributed by atoms with E-state index in [1.165, 1.54) is 36.1 Å². The van der Waals surface area contributed by atoms with Gasteiger partial charge in [-0.05, 0) is 105 Å². The van der Waals surface area contributed by atoms with Crippen LogP contribution in [-0.2, 0) is 27.4 Å². The van der Waals surface area contributed by atoms with E-state index in [1.807, 2.05) is 13.0 Å². The van der Waals surface area contributed by atoms with E-state index in [0.29, 0.717) is 18.0 Å². The second-order valence-electron chi connectivity index (χ2n) is 14.6. The van der Waals surface area contributed by atoms with Crippen molar-refractivity contribution >= 4 is 15.8 Å². The highest BCUT2D eigenvalue weighted by molar-refractivity contribution is 7.86. The molecule has 6 nitrogen and oxygen atoms in total. The molecular formula is C43H57N3O3S. The Bertz CT molecular complexity index is 1640. The van der Waals surface area contributed by atoms with Gasteiger partial charge in [0.1, 0.15) is 0 Å². The zero-order chi connectivity index (χ0) is 35.2. The molecule has 6 rings (SSSR count). The van der Waals surface area contributed by atoms with Gasteiger partial charge in [0, 0.05) is 37.4 Å². The van der Waals surface area contributed by atoms with Gasteiger partial charge in [-0.25, -0.2) is 0 Å². The number of hydrogen-bond acceptors (Lipinski definition) is 6. The van der Waals surface area contributed by atoms with Gasteiger partial charge in [-0.15, -0.1) is 0 Å². The van der Waals surface area contributed by atoms with Crippen molar-refractivity contribution in [3.8, 4) is 0 Å². The summed E-state index contributed by atoms with van der Waals surface area (Å²) in [4.78, 5) is 0.236. The Kier molecular flexibility index (Phi) is 14.5. The minimum Gasteiger partial charge on any atom is -0.385 e. The molecule has 0 aromatic heterocycles. The largest absolute Gasteiger partial charge is 0.385 e. The van der Waals surface area contributed by atoms with E-state index in [9.17, 15) is 8.42 Å². The van der Waals surface area contributed by atoms with Crippen LogP contribution in [0.25, 0.3) is 0 Å². The van der Waals surface area contributed by atoms with Crippen LogP contribution in [0.1, 0.15) is 69.1 Å². The summed E-state index contributed by atoms with van der Waals surface area (Å²) in [6.45, 7) is 9.80. The molecule has 0 heterocycles. The molecule has 2 saturated carbocycles. The Hall–Kier alpha value is -3.49. The molecule has 0 saturated heterocycles. The van der Waals surface area contributed by atoms with Crippen molar-refractivity contribution in [3.63, 3.8) is 0 Å². The van der Waals surface area contributed by atoms with Gasteiger partial charge in [0.25, 0.3) is 10.1 Å². The molecule has 0 amide bonds. The summed E-state index contributed by atoms with van der Waals surface area (Å²) in [5.41, 5.74) is 4.94. The molecule has 0 spiro atoms.